The zero-order chi connectivity index (χ0) is 15.9. The Morgan fingerprint density at radius 1 is 1.48 bits per heavy atom. The summed E-state index contributed by atoms with van der Waals surface area (Å²) in [5.74, 6) is 0.154. The van der Waals surface area contributed by atoms with Gasteiger partial charge in [-0.05, 0) is 48.8 Å². The summed E-state index contributed by atoms with van der Waals surface area (Å²) in [6, 6.07) is 2.03. The average molecular weight is 331 g/mol. The molecule has 0 unspecified atom stereocenters. The molecule has 2 aromatic heterocycles. The van der Waals surface area contributed by atoms with Crippen molar-refractivity contribution >= 4 is 17.1 Å². The summed E-state index contributed by atoms with van der Waals surface area (Å²) in [6.45, 7) is 5.34. The van der Waals surface area contributed by atoms with E-state index in [9.17, 15) is 4.79 Å². The summed E-state index contributed by atoms with van der Waals surface area (Å²) < 4.78 is 6.18. The number of aromatic amines is 1. The lowest BCUT2D eigenvalue weighted by atomic mass is 9.83. The first-order chi connectivity index (χ1) is 11.2. The van der Waals surface area contributed by atoms with Gasteiger partial charge in [0, 0.05) is 19.6 Å². The molecular weight excluding hydrogens is 310 g/mol. The minimum Gasteiger partial charge on any atom is -0.368 e. The van der Waals surface area contributed by atoms with Crippen molar-refractivity contribution in [3.63, 3.8) is 0 Å². The van der Waals surface area contributed by atoms with Crippen molar-refractivity contribution in [2.75, 3.05) is 19.7 Å². The highest BCUT2D eigenvalue weighted by Crippen LogP contribution is 2.40. The van der Waals surface area contributed by atoms with Crippen molar-refractivity contribution < 1.29 is 9.53 Å². The maximum atomic E-state index is 11.4. The van der Waals surface area contributed by atoms with Crippen LogP contribution >= 0.6 is 11.3 Å². The first-order valence-electron chi connectivity index (χ1n) is 8.14. The number of ether oxygens (including phenoxy) is 1. The number of likely N-dealkylation sites (tertiary alicyclic amines) is 1. The van der Waals surface area contributed by atoms with Gasteiger partial charge >= 0.3 is 0 Å². The van der Waals surface area contributed by atoms with Crippen molar-refractivity contribution in [1.29, 1.82) is 0 Å². The topological polar surface area (TPSA) is 58.2 Å². The number of nitrogens with one attached hydrogen (secondary N) is 1. The third-order valence-corrected chi connectivity index (χ3v) is 6.07. The summed E-state index contributed by atoms with van der Waals surface area (Å²) in [5.41, 5.74) is 3.58. The Balaban J connectivity index is 1.43. The predicted molar refractivity (Wildman–Crippen MR) is 88.8 cm³/mol. The molecule has 0 atom stereocenters. The van der Waals surface area contributed by atoms with Crippen LogP contribution < -0.4 is 0 Å². The van der Waals surface area contributed by atoms with Crippen LogP contribution in [0.25, 0.3) is 0 Å². The lowest BCUT2D eigenvalue weighted by Gasteiger charge is -2.43. The maximum absolute atomic E-state index is 11.4. The number of H-pyrrole nitrogens is 1. The summed E-state index contributed by atoms with van der Waals surface area (Å²) in [5, 5.41) is 9.48. The fourth-order valence-corrected chi connectivity index (χ4v) is 4.50. The first-order valence-corrected chi connectivity index (χ1v) is 9.02. The molecule has 1 saturated heterocycles. The van der Waals surface area contributed by atoms with Gasteiger partial charge in [-0.1, -0.05) is 0 Å². The molecular formula is C17H21N3O2S. The van der Waals surface area contributed by atoms with Crippen LogP contribution in [0.15, 0.2) is 17.6 Å². The van der Waals surface area contributed by atoms with Gasteiger partial charge in [0.2, 0.25) is 0 Å². The number of aromatic nitrogens is 2. The second kappa shape index (κ2) is 5.85. The number of fused-ring (bicyclic) bond motifs is 2. The van der Waals surface area contributed by atoms with Gasteiger partial charge in [-0.15, -0.1) is 11.3 Å². The number of hydrogen-bond acceptors (Lipinski definition) is 5. The van der Waals surface area contributed by atoms with E-state index in [2.05, 4.69) is 20.5 Å². The molecule has 0 bridgehead atoms. The first kappa shape index (κ1) is 15.1. The van der Waals surface area contributed by atoms with E-state index in [0.29, 0.717) is 0 Å². The molecule has 4 rings (SSSR count). The Hall–Kier alpha value is -1.50. The quantitative estimate of drug-likeness (QED) is 0.879. The highest BCUT2D eigenvalue weighted by atomic mass is 32.1. The van der Waals surface area contributed by atoms with Crippen LogP contribution in [0.2, 0.25) is 0 Å². The van der Waals surface area contributed by atoms with E-state index in [1.807, 2.05) is 12.3 Å². The Kier molecular flexibility index (Phi) is 3.83. The Morgan fingerprint density at radius 3 is 3.04 bits per heavy atom. The normalized spacial score (nSPS) is 20.6. The van der Waals surface area contributed by atoms with E-state index in [-0.39, 0.29) is 11.4 Å². The van der Waals surface area contributed by atoms with Crippen LogP contribution in [0, 0.1) is 0 Å². The highest BCUT2D eigenvalue weighted by Gasteiger charge is 2.42. The van der Waals surface area contributed by atoms with E-state index in [1.165, 1.54) is 16.8 Å². The number of piperidine rings is 1. The van der Waals surface area contributed by atoms with Gasteiger partial charge < -0.3 is 4.74 Å². The zero-order valence-electron chi connectivity index (χ0n) is 13.3. The SMILES string of the molecule is CC(=O)c1cc(CN2CCC3(CC2)OCCc2cn[nH]c23)cs1. The molecule has 1 spiro atoms. The van der Waals surface area contributed by atoms with Gasteiger partial charge in [-0.25, -0.2) is 0 Å². The molecule has 4 heterocycles. The van der Waals surface area contributed by atoms with Gasteiger partial charge in [0.15, 0.2) is 5.78 Å². The lowest BCUT2D eigenvalue weighted by Crippen LogP contribution is -2.46. The lowest BCUT2D eigenvalue weighted by molar-refractivity contribution is -0.102. The zero-order valence-corrected chi connectivity index (χ0v) is 14.1. The van der Waals surface area contributed by atoms with Crippen molar-refractivity contribution in [3.8, 4) is 0 Å². The molecule has 122 valence electrons. The fraction of sp³-hybridized carbons (Fsp3) is 0.529. The smallest absolute Gasteiger partial charge is 0.169 e. The van der Waals surface area contributed by atoms with Crippen molar-refractivity contribution in [1.82, 2.24) is 15.1 Å². The highest BCUT2D eigenvalue weighted by molar-refractivity contribution is 7.12. The van der Waals surface area contributed by atoms with Crippen LogP contribution in [0.5, 0.6) is 0 Å². The van der Waals surface area contributed by atoms with Crippen molar-refractivity contribution in [2.24, 2.45) is 0 Å². The van der Waals surface area contributed by atoms with E-state index < -0.39 is 0 Å². The largest absolute Gasteiger partial charge is 0.368 e. The fourth-order valence-electron chi connectivity index (χ4n) is 3.69. The number of hydrogen-bond donors (Lipinski definition) is 1. The van der Waals surface area contributed by atoms with Crippen molar-refractivity contribution in [2.45, 2.75) is 38.3 Å². The summed E-state index contributed by atoms with van der Waals surface area (Å²) >= 11 is 1.55. The monoisotopic (exact) mass is 331 g/mol. The number of rotatable bonds is 3. The number of nitrogens with zero attached hydrogens (tertiary/aromatic N) is 2. The molecule has 1 fully saturated rings. The maximum Gasteiger partial charge on any atom is 0.169 e. The summed E-state index contributed by atoms with van der Waals surface area (Å²) in [6.07, 6.45) is 4.89. The molecule has 23 heavy (non-hydrogen) atoms. The number of carbonyl (C=O) groups is 1. The minimum absolute atomic E-state index is 0.154. The van der Waals surface area contributed by atoms with Crippen LogP contribution in [0.4, 0.5) is 0 Å². The molecule has 2 aliphatic heterocycles. The third-order valence-electron chi connectivity index (χ3n) is 4.99. The van der Waals surface area contributed by atoms with E-state index >= 15 is 0 Å². The van der Waals surface area contributed by atoms with E-state index in [1.54, 1.807) is 18.3 Å². The molecule has 5 nitrogen and oxygen atoms in total. The van der Waals surface area contributed by atoms with Crippen molar-refractivity contribution in [3.05, 3.63) is 39.3 Å². The van der Waals surface area contributed by atoms with Crippen LogP contribution in [-0.2, 0) is 23.3 Å². The molecule has 0 radical (unpaired) electrons. The minimum atomic E-state index is -0.167. The Bertz CT molecular complexity index is 713. The van der Waals surface area contributed by atoms with Gasteiger partial charge in [0.1, 0.15) is 5.60 Å². The van der Waals surface area contributed by atoms with Gasteiger partial charge in [0.25, 0.3) is 0 Å². The number of thiophene rings is 1. The summed E-state index contributed by atoms with van der Waals surface area (Å²) in [4.78, 5) is 14.7. The third kappa shape index (κ3) is 2.75. The van der Waals surface area contributed by atoms with Gasteiger partial charge in [-0.2, -0.15) is 5.10 Å². The van der Waals surface area contributed by atoms with Crippen LogP contribution in [0.3, 0.4) is 0 Å². The van der Waals surface area contributed by atoms with E-state index in [4.69, 9.17) is 4.74 Å². The Morgan fingerprint density at radius 2 is 2.30 bits per heavy atom. The molecule has 1 N–H and O–H groups in total. The summed E-state index contributed by atoms with van der Waals surface area (Å²) in [7, 11) is 0. The number of carbonyl (C=O) groups excluding carboxylic acids is 1. The van der Waals surface area contributed by atoms with E-state index in [0.717, 1.165) is 50.4 Å². The molecule has 0 aliphatic carbocycles. The molecule has 2 aromatic rings. The number of Topliss-reactive ketones (excluding diaryl/α,β-unsaturated/α-hetero) is 1. The van der Waals surface area contributed by atoms with Gasteiger partial charge in [-0.3, -0.25) is 14.8 Å². The average Bonchev–Trinajstić information content (AvgIpc) is 3.20. The van der Waals surface area contributed by atoms with Crippen LogP contribution in [0.1, 0.15) is 46.3 Å². The predicted octanol–water partition coefficient (Wildman–Crippen LogP) is 2.74. The standard InChI is InChI=1S/C17H21N3O2S/c1-12(21)15-8-13(11-23-15)10-20-5-3-17(4-6-20)16-14(2-7-22-17)9-18-19-16/h8-9,11H,2-7,10H2,1H3,(H,18,19). The number of ketones is 1. The molecule has 0 saturated carbocycles. The van der Waals surface area contributed by atoms with Crippen LogP contribution in [-0.4, -0.2) is 40.6 Å². The molecule has 6 heteroatoms. The van der Waals surface area contributed by atoms with Gasteiger partial charge in [0.05, 0.1) is 23.4 Å². The Labute approximate surface area is 139 Å². The second-order valence-corrected chi connectivity index (χ2v) is 7.43. The second-order valence-electron chi connectivity index (χ2n) is 6.51. The molecule has 0 amide bonds. The molecule has 2 aliphatic rings. The molecule has 0 aromatic carbocycles.